The van der Waals surface area contributed by atoms with Gasteiger partial charge in [-0.05, 0) is 31.9 Å². The minimum atomic E-state index is 0.0535. The summed E-state index contributed by atoms with van der Waals surface area (Å²) in [4.78, 5) is 19.0. The molecule has 0 unspecified atom stereocenters. The number of hydrogen-bond donors (Lipinski definition) is 1. The van der Waals surface area contributed by atoms with E-state index in [1.54, 1.807) is 0 Å². The van der Waals surface area contributed by atoms with Gasteiger partial charge < -0.3 is 4.90 Å². The van der Waals surface area contributed by atoms with Crippen LogP contribution in [0.5, 0.6) is 0 Å². The van der Waals surface area contributed by atoms with Crippen LogP contribution < -0.4 is 0 Å². The van der Waals surface area contributed by atoms with Crippen LogP contribution in [-0.4, -0.2) is 38.1 Å². The molecule has 1 N–H and O–H groups in total. The molecular weight excluding hydrogens is 288 g/mol. The highest BCUT2D eigenvalue weighted by atomic mass is 16.2. The van der Waals surface area contributed by atoms with Gasteiger partial charge in [0.05, 0.1) is 0 Å². The highest BCUT2D eigenvalue weighted by molar-refractivity contribution is 5.95. The Morgan fingerprint density at radius 3 is 2.87 bits per heavy atom. The maximum absolute atomic E-state index is 12.9. The van der Waals surface area contributed by atoms with Gasteiger partial charge >= 0.3 is 0 Å². The second kappa shape index (κ2) is 6.60. The Balaban J connectivity index is 1.83. The van der Waals surface area contributed by atoms with Crippen molar-refractivity contribution < 1.29 is 4.79 Å². The van der Waals surface area contributed by atoms with E-state index in [-0.39, 0.29) is 18.0 Å². The van der Waals surface area contributed by atoms with Crippen molar-refractivity contribution in [2.75, 3.05) is 0 Å². The summed E-state index contributed by atoms with van der Waals surface area (Å²) in [5, 5.41) is 6.66. The fourth-order valence-corrected chi connectivity index (χ4v) is 2.99. The number of H-pyrrole nitrogens is 1. The Morgan fingerprint density at radius 1 is 1.43 bits per heavy atom. The molecule has 3 rings (SSSR count). The van der Waals surface area contributed by atoms with Gasteiger partial charge in [0.2, 0.25) is 0 Å². The average Bonchev–Trinajstić information content (AvgIpc) is 3.09. The quantitative estimate of drug-likeness (QED) is 0.882. The maximum Gasteiger partial charge on any atom is 0.254 e. The lowest BCUT2D eigenvalue weighted by Crippen LogP contribution is -2.46. The zero-order valence-electron chi connectivity index (χ0n) is 13.1. The third-order valence-corrected chi connectivity index (χ3v) is 4.15. The molecule has 1 aliphatic heterocycles. The number of hydrogen-bond acceptors (Lipinski definition) is 3. The molecule has 2 heterocycles. The summed E-state index contributed by atoms with van der Waals surface area (Å²) >= 11 is 0. The monoisotopic (exact) mass is 308 g/mol. The number of amides is 1. The Bertz CT molecular complexity index is 703. The van der Waals surface area contributed by atoms with E-state index in [0.717, 1.165) is 18.4 Å². The van der Waals surface area contributed by atoms with Crippen molar-refractivity contribution in [1.82, 2.24) is 20.1 Å². The molecular formula is C18H20N4O. The minimum absolute atomic E-state index is 0.0535. The van der Waals surface area contributed by atoms with Crippen LogP contribution in [0.3, 0.4) is 0 Å². The second-order valence-corrected chi connectivity index (χ2v) is 5.71. The molecule has 0 aliphatic carbocycles. The van der Waals surface area contributed by atoms with Gasteiger partial charge in [0, 0.05) is 23.2 Å². The van der Waals surface area contributed by atoms with Crippen LogP contribution in [0.1, 0.15) is 30.1 Å². The number of rotatable bonds is 4. The van der Waals surface area contributed by atoms with E-state index >= 15 is 0 Å². The topological polar surface area (TPSA) is 61.9 Å². The smallest absolute Gasteiger partial charge is 0.254 e. The molecule has 0 spiro atoms. The molecule has 23 heavy (non-hydrogen) atoms. The Kier molecular flexibility index (Phi) is 4.37. The van der Waals surface area contributed by atoms with Crippen molar-refractivity contribution in [3.8, 4) is 11.4 Å². The van der Waals surface area contributed by atoms with Gasteiger partial charge in [0.15, 0.2) is 5.82 Å². The van der Waals surface area contributed by atoms with Crippen LogP contribution in [0, 0.1) is 0 Å². The first-order chi connectivity index (χ1) is 11.2. The van der Waals surface area contributed by atoms with E-state index in [1.807, 2.05) is 42.2 Å². The number of carbonyl (C=O) groups excluding carboxylic acids is 1. The van der Waals surface area contributed by atoms with Gasteiger partial charge in [-0.3, -0.25) is 9.89 Å². The Labute approximate surface area is 135 Å². The van der Waals surface area contributed by atoms with Crippen LogP contribution in [-0.2, 0) is 0 Å². The van der Waals surface area contributed by atoms with Crippen LogP contribution in [0.4, 0.5) is 0 Å². The first-order valence-corrected chi connectivity index (χ1v) is 7.76. The molecule has 0 bridgehead atoms. The normalized spacial score (nSPS) is 20.5. The number of nitrogens with zero attached hydrogens (tertiary/aromatic N) is 3. The lowest BCUT2D eigenvalue weighted by Gasteiger charge is -2.37. The Morgan fingerprint density at radius 2 is 2.22 bits per heavy atom. The molecule has 2 aromatic rings. The highest BCUT2D eigenvalue weighted by Gasteiger charge is 2.29. The minimum Gasteiger partial charge on any atom is -0.329 e. The van der Waals surface area contributed by atoms with Gasteiger partial charge in [-0.15, -0.1) is 6.58 Å². The summed E-state index contributed by atoms with van der Waals surface area (Å²) in [7, 11) is 0. The molecule has 1 aromatic carbocycles. The van der Waals surface area contributed by atoms with Gasteiger partial charge in [-0.2, -0.15) is 5.10 Å². The number of nitrogens with one attached hydrogen (secondary N) is 1. The van der Waals surface area contributed by atoms with Gasteiger partial charge in [-0.25, -0.2) is 4.98 Å². The number of aromatic nitrogens is 3. The summed E-state index contributed by atoms with van der Waals surface area (Å²) in [6.07, 6.45) is 9.25. The number of aromatic amines is 1. The third kappa shape index (κ3) is 3.08. The predicted octanol–water partition coefficient (Wildman–Crippen LogP) is 3.21. The largest absolute Gasteiger partial charge is 0.329 e. The molecule has 1 aromatic heterocycles. The summed E-state index contributed by atoms with van der Waals surface area (Å²) in [5.41, 5.74) is 1.60. The van der Waals surface area contributed by atoms with E-state index < -0.39 is 0 Å². The van der Waals surface area contributed by atoms with Crippen LogP contribution in [0.15, 0.2) is 55.4 Å². The van der Waals surface area contributed by atoms with Crippen molar-refractivity contribution in [2.45, 2.75) is 31.8 Å². The van der Waals surface area contributed by atoms with Crippen molar-refractivity contribution in [1.29, 1.82) is 0 Å². The van der Waals surface area contributed by atoms with Crippen LogP contribution in [0.2, 0.25) is 0 Å². The van der Waals surface area contributed by atoms with Crippen molar-refractivity contribution in [3.05, 3.63) is 61.0 Å². The molecule has 1 aliphatic rings. The van der Waals surface area contributed by atoms with E-state index in [2.05, 4.69) is 33.9 Å². The predicted molar refractivity (Wildman–Crippen MR) is 89.8 cm³/mol. The lowest BCUT2D eigenvalue weighted by molar-refractivity contribution is 0.0622. The van der Waals surface area contributed by atoms with Crippen molar-refractivity contribution in [2.24, 2.45) is 0 Å². The first-order valence-electron chi connectivity index (χ1n) is 7.76. The molecule has 1 amide bonds. The molecule has 0 saturated carbocycles. The standard InChI is InChI=1S/C18H20N4O/c1-3-5-16-7-4-6-13(2)22(16)18(23)15-10-8-14(9-11-15)17-19-12-20-21-17/h3-4,6,8-13,16H,1,5,7H2,2H3,(H,19,20,21)/t13-,16-/m1/s1. The number of benzene rings is 1. The molecule has 0 radical (unpaired) electrons. The first kappa shape index (κ1) is 15.2. The average molecular weight is 308 g/mol. The van der Waals surface area contributed by atoms with Crippen LogP contribution in [0.25, 0.3) is 11.4 Å². The van der Waals surface area contributed by atoms with Crippen molar-refractivity contribution in [3.63, 3.8) is 0 Å². The van der Waals surface area contributed by atoms with E-state index in [1.165, 1.54) is 6.33 Å². The van der Waals surface area contributed by atoms with Gasteiger partial charge in [-0.1, -0.05) is 30.4 Å². The molecule has 118 valence electrons. The lowest BCUT2D eigenvalue weighted by atomic mass is 9.98. The van der Waals surface area contributed by atoms with Gasteiger partial charge in [0.1, 0.15) is 6.33 Å². The molecule has 5 heteroatoms. The maximum atomic E-state index is 12.9. The van der Waals surface area contributed by atoms with E-state index in [4.69, 9.17) is 0 Å². The summed E-state index contributed by atoms with van der Waals surface area (Å²) < 4.78 is 0. The highest BCUT2D eigenvalue weighted by Crippen LogP contribution is 2.24. The molecule has 0 fully saturated rings. The Hall–Kier alpha value is -2.69. The summed E-state index contributed by atoms with van der Waals surface area (Å²) in [5.74, 6) is 0.751. The SMILES string of the molecule is C=CC[C@@H]1CC=C[C@@H](C)N1C(=O)c1ccc(-c2ncn[nH]2)cc1. The number of carbonyl (C=O) groups is 1. The fourth-order valence-electron chi connectivity index (χ4n) is 2.99. The van der Waals surface area contributed by atoms with Crippen LogP contribution >= 0.6 is 0 Å². The summed E-state index contributed by atoms with van der Waals surface area (Å²) in [6.45, 7) is 5.86. The molecule has 0 saturated heterocycles. The second-order valence-electron chi connectivity index (χ2n) is 5.71. The third-order valence-electron chi connectivity index (χ3n) is 4.15. The zero-order chi connectivity index (χ0) is 16.2. The van der Waals surface area contributed by atoms with Gasteiger partial charge in [0.25, 0.3) is 5.91 Å². The zero-order valence-corrected chi connectivity index (χ0v) is 13.1. The van der Waals surface area contributed by atoms with Crippen molar-refractivity contribution >= 4 is 5.91 Å². The fraction of sp³-hybridized carbons (Fsp3) is 0.278. The van der Waals surface area contributed by atoms with E-state index in [9.17, 15) is 4.79 Å². The molecule has 2 atom stereocenters. The molecule has 5 nitrogen and oxygen atoms in total. The van der Waals surface area contributed by atoms with E-state index in [0.29, 0.717) is 11.4 Å². The summed E-state index contributed by atoms with van der Waals surface area (Å²) in [6, 6.07) is 7.73.